The van der Waals surface area contributed by atoms with Crippen LogP contribution in [0.5, 0.6) is 5.75 Å². The van der Waals surface area contributed by atoms with Gasteiger partial charge in [-0.3, -0.25) is 9.10 Å². The van der Waals surface area contributed by atoms with E-state index in [1.165, 1.54) is 30.6 Å². The summed E-state index contributed by atoms with van der Waals surface area (Å²) in [7, 11) is 1.14. The van der Waals surface area contributed by atoms with Gasteiger partial charge in [-0.2, -0.15) is 0 Å². The molecular weight excluding hydrogens is 426 g/mol. The minimum absolute atomic E-state index is 0. The van der Waals surface area contributed by atoms with E-state index in [1.807, 2.05) is 14.0 Å². The number of nitrogens with zero attached hydrogens (tertiary/aromatic N) is 3. The summed E-state index contributed by atoms with van der Waals surface area (Å²) in [6.07, 6.45) is 0. The van der Waals surface area contributed by atoms with Crippen molar-refractivity contribution in [2.24, 2.45) is 0 Å². The van der Waals surface area contributed by atoms with E-state index in [2.05, 4.69) is 4.90 Å². The van der Waals surface area contributed by atoms with Gasteiger partial charge < -0.3 is 14.5 Å². The molecule has 1 aliphatic rings. The number of amides is 1. The van der Waals surface area contributed by atoms with Crippen molar-refractivity contribution < 1.29 is 17.9 Å². The molecular formula is C21H28ClN3O4S. The summed E-state index contributed by atoms with van der Waals surface area (Å²) in [4.78, 5) is 17.1. The van der Waals surface area contributed by atoms with Crippen LogP contribution >= 0.6 is 12.4 Å². The van der Waals surface area contributed by atoms with Crippen molar-refractivity contribution in [2.45, 2.75) is 11.8 Å². The zero-order valence-electron chi connectivity index (χ0n) is 17.7. The Morgan fingerprint density at radius 1 is 1.07 bits per heavy atom. The monoisotopic (exact) mass is 453 g/mol. The highest BCUT2D eigenvalue weighted by Gasteiger charge is 2.27. The third-order valence-electron chi connectivity index (χ3n) is 5.31. The molecule has 0 unspecified atom stereocenters. The Labute approximate surface area is 184 Å². The highest BCUT2D eigenvalue weighted by Crippen LogP contribution is 2.31. The van der Waals surface area contributed by atoms with Crippen molar-refractivity contribution in [2.75, 3.05) is 51.7 Å². The van der Waals surface area contributed by atoms with Gasteiger partial charge in [0, 0.05) is 38.8 Å². The molecule has 0 atom stereocenters. The van der Waals surface area contributed by atoms with E-state index in [4.69, 9.17) is 4.74 Å². The van der Waals surface area contributed by atoms with E-state index in [0.717, 1.165) is 18.7 Å². The van der Waals surface area contributed by atoms with E-state index in [-0.39, 0.29) is 23.2 Å². The van der Waals surface area contributed by atoms with Gasteiger partial charge in [-0.15, -0.1) is 12.4 Å². The molecule has 1 amide bonds. The number of likely N-dealkylation sites (N-methyl/N-ethyl adjacent to an activating group) is 1. The third-order valence-corrected chi connectivity index (χ3v) is 7.08. The number of piperazine rings is 1. The zero-order valence-corrected chi connectivity index (χ0v) is 19.3. The number of hydrogen-bond acceptors (Lipinski definition) is 5. The van der Waals surface area contributed by atoms with E-state index in [9.17, 15) is 13.2 Å². The Hall–Kier alpha value is -2.29. The maximum Gasteiger partial charge on any atom is 0.264 e. The average Bonchev–Trinajstić information content (AvgIpc) is 2.73. The molecule has 0 radical (unpaired) electrons. The molecule has 1 fully saturated rings. The first-order valence-corrected chi connectivity index (χ1v) is 10.9. The number of benzene rings is 2. The highest BCUT2D eigenvalue weighted by atomic mass is 35.5. The Kier molecular flexibility index (Phi) is 7.74. The number of methoxy groups -OCH3 is 1. The predicted octanol–water partition coefficient (Wildman–Crippen LogP) is 2.64. The molecule has 0 aromatic heterocycles. The number of para-hydroxylation sites is 2. The minimum atomic E-state index is -3.86. The molecule has 2 aromatic carbocycles. The summed E-state index contributed by atoms with van der Waals surface area (Å²) < 4.78 is 33.0. The molecule has 1 saturated heterocycles. The second-order valence-corrected chi connectivity index (χ2v) is 9.19. The fourth-order valence-electron chi connectivity index (χ4n) is 3.35. The van der Waals surface area contributed by atoms with Crippen molar-refractivity contribution in [3.63, 3.8) is 0 Å². The second-order valence-electron chi connectivity index (χ2n) is 7.22. The molecule has 0 N–H and O–H groups in total. The smallest absolute Gasteiger partial charge is 0.264 e. The van der Waals surface area contributed by atoms with Gasteiger partial charge in [0.15, 0.2) is 0 Å². The molecule has 164 valence electrons. The van der Waals surface area contributed by atoms with Crippen LogP contribution in [0.4, 0.5) is 5.69 Å². The molecule has 7 nitrogen and oxygen atoms in total. The molecule has 30 heavy (non-hydrogen) atoms. The molecule has 9 heteroatoms. The first-order chi connectivity index (χ1) is 13.8. The number of rotatable bonds is 5. The van der Waals surface area contributed by atoms with Gasteiger partial charge in [0.05, 0.1) is 17.7 Å². The lowest BCUT2D eigenvalue weighted by atomic mass is 10.1. The molecule has 3 rings (SSSR count). The normalized spacial score (nSPS) is 14.7. The molecule has 0 bridgehead atoms. The van der Waals surface area contributed by atoms with E-state index in [0.29, 0.717) is 30.1 Å². The Morgan fingerprint density at radius 3 is 2.33 bits per heavy atom. The predicted molar refractivity (Wildman–Crippen MR) is 120 cm³/mol. The van der Waals surface area contributed by atoms with Crippen molar-refractivity contribution >= 4 is 34.0 Å². The van der Waals surface area contributed by atoms with Crippen molar-refractivity contribution in [1.82, 2.24) is 9.80 Å². The van der Waals surface area contributed by atoms with Gasteiger partial charge in [0.1, 0.15) is 5.75 Å². The number of hydrogen-bond donors (Lipinski definition) is 0. The lowest BCUT2D eigenvalue weighted by Crippen LogP contribution is -2.47. The van der Waals surface area contributed by atoms with Gasteiger partial charge in [0.25, 0.3) is 15.9 Å². The van der Waals surface area contributed by atoms with Gasteiger partial charge >= 0.3 is 0 Å². The van der Waals surface area contributed by atoms with E-state index >= 15 is 0 Å². The lowest BCUT2D eigenvalue weighted by Gasteiger charge is -2.32. The summed E-state index contributed by atoms with van der Waals surface area (Å²) in [6.45, 7) is 4.70. The summed E-state index contributed by atoms with van der Waals surface area (Å²) in [6, 6.07) is 11.6. The van der Waals surface area contributed by atoms with Crippen molar-refractivity contribution in [1.29, 1.82) is 0 Å². The number of aryl methyl sites for hydroxylation is 1. The van der Waals surface area contributed by atoms with Gasteiger partial charge in [0.2, 0.25) is 0 Å². The number of carbonyl (C=O) groups excluding carboxylic acids is 1. The summed E-state index contributed by atoms with van der Waals surface area (Å²) in [5, 5.41) is 0. The quantitative estimate of drug-likeness (QED) is 0.696. The van der Waals surface area contributed by atoms with Crippen LogP contribution in [0.25, 0.3) is 0 Å². The zero-order chi connectivity index (χ0) is 21.2. The van der Waals surface area contributed by atoms with Crippen LogP contribution in [0.2, 0.25) is 0 Å². The standard InChI is InChI=1S/C21H27N3O4S.ClH/c1-16-9-10-17(15-18(16)21(25)24-13-11-22(2)12-14-24)29(26,27)23(3)19-7-5-6-8-20(19)28-4;/h5-10,15H,11-14H2,1-4H3;1H. The lowest BCUT2D eigenvalue weighted by molar-refractivity contribution is 0.0663. The molecule has 1 heterocycles. The number of halogens is 1. The third kappa shape index (κ3) is 4.71. The second kappa shape index (κ2) is 9.68. The summed E-state index contributed by atoms with van der Waals surface area (Å²) in [5.74, 6) is 0.326. The summed E-state index contributed by atoms with van der Waals surface area (Å²) in [5.41, 5.74) is 1.61. The molecule has 1 aliphatic heterocycles. The van der Waals surface area contributed by atoms with Gasteiger partial charge in [-0.05, 0) is 43.8 Å². The molecule has 0 aliphatic carbocycles. The topological polar surface area (TPSA) is 70.2 Å². The van der Waals surface area contributed by atoms with E-state index in [1.54, 1.807) is 35.2 Å². The van der Waals surface area contributed by atoms with Crippen LogP contribution < -0.4 is 9.04 Å². The first-order valence-electron chi connectivity index (χ1n) is 9.46. The SMILES string of the molecule is COc1ccccc1N(C)S(=O)(=O)c1ccc(C)c(C(=O)N2CCN(C)CC2)c1.Cl. The number of ether oxygens (including phenoxy) is 1. The fraction of sp³-hybridized carbons (Fsp3) is 0.381. The Balaban J connectivity index is 0.00000320. The van der Waals surface area contributed by atoms with Gasteiger partial charge in [-0.25, -0.2) is 8.42 Å². The van der Waals surface area contributed by atoms with E-state index < -0.39 is 10.0 Å². The van der Waals surface area contributed by atoms with Crippen LogP contribution in [-0.2, 0) is 10.0 Å². The average molecular weight is 454 g/mol. The number of carbonyl (C=O) groups is 1. The van der Waals surface area contributed by atoms with Gasteiger partial charge in [-0.1, -0.05) is 18.2 Å². The number of anilines is 1. The summed E-state index contributed by atoms with van der Waals surface area (Å²) >= 11 is 0. The van der Waals surface area contributed by atoms with Crippen molar-refractivity contribution in [3.8, 4) is 5.75 Å². The highest BCUT2D eigenvalue weighted by molar-refractivity contribution is 7.92. The van der Waals surface area contributed by atoms with Crippen LogP contribution in [0.3, 0.4) is 0 Å². The molecule has 2 aromatic rings. The maximum absolute atomic E-state index is 13.2. The molecule has 0 spiro atoms. The maximum atomic E-state index is 13.2. The van der Waals surface area contributed by atoms with Crippen LogP contribution in [0.1, 0.15) is 15.9 Å². The van der Waals surface area contributed by atoms with Crippen LogP contribution in [-0.4, -0.2) is 71.5 Å². The first kappa shape index (κ1) is 24.0. The number of sulfonamides is 1. The minimum Gasteiger partial charge on any atom is -0.495 e. The van der Waals surface area contributed by atoms with Crippen LogP contribution in [0, 0.1) is 6.92 Å². The van der Waals surface area contributed by atoms with Crippen molar-refractivity contribution in [3.05, 3.63) is 53.6 Å². The fourth-order valence-corrected chi connectivity index (χ4v) is 4.58. The molecule has 0 saturated carbocycles. The van der Waals surface area contributed by atoms with Crippen LogP contribution in [0.15, 0.2) is 47.4 Å². The largest absolute Gasteiger partial charge is 0.495 e. The Bertz CT molecular complexity index is 1010. The Morgan fingerprint density at radius 2 is 1.70 bits per heavy atom.